The molecular weight excluding hydrogens is 514 g/mol. The van der Waals surface area contributed by atoms with E-state index in [1.165, 1.54) is 23.1 Å². The number of carbonyl (C=O) groups excluding carboxylic acids is 2. The van der Waals surface area contributed by atoms with E-state index in [-0.39, 0.29) is 28.5 Å². The number of likely N-dealkylation sites (tertiary alicyclic amines) is 1. The first kappa shape index (κ1) is 26.9. The predicted molar refractivity (Wildman–Crippen MR) is 128 cm³/mol. The van der Waals surface area contributed by atoms with Crippen molar-refractivity contribution in [2.45, 2.75) is 48.8 Å². The summed E-state index contributed by atoms with van der Waals surface area (Å²) in [6.07, 6.45) is -1.44. The third-order valence-electron chi connectivity index (χ3n) is 6.79. The summed E-state index contributed by atoms with van der Waals surface area (Å²) < 4.78 is 77.7. The molecule has 1 unspecified atom stereocenters. The molecule has 0 spiro atoms. The molecule has 1 heterocycles. The van der Waals surface area contributed by atoms with Crippen LogP contribution in [0.3, 0.4) is 0 Å². The topological polar surface area (TPSA) is 95.6 Å². The lowest BCUT2D eigenvalue weighted by molar-refractivity contribution is -0.137. The number of alkyl halides is 3. The van der Waals surface area contributed by atoms with Crippen molar-refractivity contribution in [3.05, 3.63) is 58.9 Å². The summed E-state index contributed by atoms with van der Waals surface area (Å²) in [5, 5.41) is 5.63. The minimum absolute atomic E-state index is 0.0296. The first-order valence-electron chi connectivity index (χ1n) is 11.8. The summed E-state index contributed by atoms with van der Waals surface area (Å²) in [4.78, 5) is 28.1. The van der Waals surface area contributed by atoms with Crippen molar-refractivity contribution in [1.82, 2.24) is 10.2 Å². The first-order chi connectivity index (χ1) is 17.3. The van der Waals surface area contributed by atoms with Crippen LogP contribution in [0, 0.1) is 11.7 Å². The Kier molecular flexibility index (Phi) is 7.24. The van der Waals surface area contributed by atoms with Crippen LogP contribution in [0.4, 0.5) is 23.2 Å². The number of rotatable bonds is 7. The van der Waals surface area contributed by atoms with Gasteiger partial charge in [0.1, 0.15) is 11.9 Å². The molecule has 1 saturated carbocycles. The monoisotopic (exact) mass is 541 g/mol. The zero-order valence-corrected chi connectivity index (χ0v) is 21.0. The van der Waals surface area contributed by atoms with Gasteiger partial charge >= 0.3 is 6.18 Å². The molecule has 0 bridgehead atoms. The number of carbonyl (C=O) groups is 2. The number of halogens is 4. The molecule has 4 rings (SSSR count). The molecule has 37 heavy (non-hydrogen) atoms. The number of anilines is 1. The van der Waals surface area contributed by atoms with E-state index in [2.05, 4.69) is 10.6 Å². The van der Waals surface area contributed by atoms with E-state index in [4.69, 9.17) is 0 Å². The van der Waals surface area contributed by atoms with Crippen LogP contribution in [-0.4, -0.2) is 51.0 Å². The van der Waals surface area contributed by atoms with Gasteiger partial charge in [0.15, 0.2) is 9.84 Å². The van der Waals surface area contributed by atoms with E-state index in [0.717, 1.165) is 18.4 Å². The van der Waals surface area contributed by atoms with Gasteiger partial charge in [0.05, 0.1) is 22.1 Å². The highest BCUT2D eigenvalue weighted by Gasteiger charge is 2.41. The van der Waals surface area contributed by atoms with Crippen LogP contribution in [0.25, 0.3) is 0 Å². The molecule has 1 aliphatic heterocycles. The SMILES string of the molecule is CNc1ccc(S(C)(=O)=O)cc1C(=O)N1CCC[C@@H]1C(=O)NC(c1ccc(C(F)(F)F)cc1F)C1CC1. The smallest absolute Gasteiger partial charge is 0.387 e. The second-order valence-corrected chi connectivity index (χ2v) is 11.5. The Hall–Kier alpha value is -3.15. The highest BCUT2D eigenvalue weighted by molar-refractivity contribution is 7.90. The molecule has 2 N–H and O–H groups in total. The third kappa shape index (κ3) is 5.73. The number of nitrogens with zero attached hydrogens (tertiary/aromatic N) is 1. The van der Waals surface area contributed by atoms with Gasteiger partial charge in [-0.15, -0.1) is 0 Å². The van der Waals surface area contributed by atoms with Crippen molar-refractivity contribution < 1.29 is 35.6 Å². The van der Waals surface area contributed by atoms with Crippen LogP contribution < -0.4 is 10.6 Å². The van der Waals surface area contributed by atoms with Gasteiger partial charge in [0, 0.05) is 31.1 Å². The summed E-state index contributed by atoms with van der Waals surface area (Å²) in [7, 11) is -2.00. The molecule has 2 aromatic rings. The van der Waals surface area contributed by atoms with Crippen molar-refractivity contribution in [1.29, 1.82) is 0 Å². The maximum absolute atomic E-state index is 14.7. The molecule has 2 fully saturated rings. The highest BCUT2D eigenvalue weighted by Crippen LogP contribution is 2.43. The fraction of sp³-hybridized carbons (Fsp3) is 0.440. The summed E-state index contributed by atoms with van der Waals surface area (Å²) >= 11 is 0. The molecule has 1 saturated heterocycles. The second-order valence-electron chi connectivity index (χ2n) is 9.44. The summed E-state index contributed by atoms with van der Waals surface area (Å²) in [6.45, 7) is 0.256. The zero-order chi connectivity index (χ0) is 27.1. The van der Waals surface area contributed by atoms with E-state index in [1.54, 1.807) is 7.05 Å². The van der Waals surface area contributed by atoms with Gasteiger partial charge in [-0.25, -0.2) is 12.8 Å². The van der Waals surface area contributed by atoms with Crippen LogP contribution in [-0.2, 0) is 20.8 Å². The van der Waals surface area contributed by atoms with Crippen molar-refractivity contribution >= 4 is 27.3 Å². The first-order valence-corrected chi connectivity index (χ1v) is 13.7. The van der Waals surface area contributed by atoms with E-state index in [1.807, 2.05) is 0 Å². The van der Waals surface area contributed by atoms with Gasteiger partial charge in [0.25, 0.3) is 5.91 Å². The Morgan fingerprint density at radius 3 is 2.35 bits per heavy atom. The number of amides is 2. The van der Waals surface area contributed by atoms with E-state index in [0.29, 0.717) is 37.4 Å². The molecule has 12 heteroatoms. The minimum atomic E-state index is -4.69. The van der Waals surface area contributed by atoms with Crippen LogP contribution in [0.5, 0.6) is 0 Å². The largest absolute Gasteiger partial charge is 0.416 e. The molecule has 2 aromatic carbocycles. The quantitative estimate of drug-likeness (QED) is 0.514. The molecule has 0 aromatic heterocycles. The van der Waals surface area contributed by atoms with Crippen molar-refractivity contribution in [3.8, 4) is 0 Å². The van der Waals surface area contributed by atoms with Crippen LogP contribution in [0.2, 0.25) is 0 Å². The Morgan fingerprint density at radius 2 is 1.78 bits per heavy atom. The van der Waals surface area contributed by atoms with Crippen LogP contribution in [0.15, 0.2) is 41.3 Å². The van der Waals surface area contributed by atoms with Gasteiger partial charge in [-0.1, -0.05) is 6.07 Å². The molecule has 2 atom stereocenters. The highest BCUT2D eigenvalue weighted by atomic mass is 32.2. The number of sulfone groups is 1. The summed E-state index contributed by atoms with van der Waals surface area (Å²) in [5.41, 5.74) is -0.652. The number of hydrogen-bond donors (Lipinski definition) is 2. The predicted octanol–water partition coefficient (Wildman–Crippen LogP) is 4.16. The Morgan fingerprint density at radius 1 is 1.08 bits per heavy atom. The fourth-order valence-corrected chi connectivity index (χ4v) is 5.32. The zero-order valence-electron chi connectivity index (χ0n) is 20.2. The Balaban J connectivity index is 1.58. The van der Waals surface area contributed by atoms with E-state index >= 15 is 0 Å². The number of hydrogen-bond acceptors (Lipinski definition) is 5. The number of nitrogens with one attached hydrogen (secondary N) is 2. The van der Waals surface area contributed by atoms with Crippen LogP contribution >= 0.6 is 0 Å². The molecule has 7 nitrogen and oxygen atoms in total. The lowest BCUT2D eigenvalue weighted by Crippen LogP contribution is -2.47. The number of benzene rings is 2. The van der Waals surface area contributed by atoms with Crippen LogP contribution in [0.1, 0.15) is 53.2 Å². The van der Waals surface area contributed by atoms with Gasteiger partial charge in [-0.05, 0) is 61.9 Å². The van der Waals surface area contributed by atoms with E-state index < -0.39 is 51.3 Å². The average molecular weight is 542 g/mol. The third-order valence-corrected chi connectivity index (χ3v) is 7.90. The van der Waals surface area contributed by atoms with Crippen molar-refractivity contribution in [2.75, 3.05) is 25.2 Å². The lowest BCUT2D eigenvalue weighted by Gasteiger charge is -2.28. The molecule has 2 aliphatic rings. The molecule has 2 amide bonds. The standard InChI is InChI=1S/C25H27F4N3O4S/c1-30-20-10-8-16(37(2,35)36)13-18(20)24(34)32-11-3-4-21(32)23(33)31-22(14-5-6-14)17-9-7-15(12-19(17)26)25(27,28)29/h7-10,12-14,21-22,30H,3-6,11H2,1-2H3,(H,31,33)/t21-,22?/m1/s1. The maximum atomic E-state index is 14.7. The van der Waals surface area contributed by atoms with Gasteiger partial charge in [-0.2, -0.15) is 13.2 Å². The second kappa shape index (κ2) is 9.96. The molecule has 1 aliphatic carbocycles. The van der Waals surface area contributed by atoms with Gasteiger partial charge in [-0.3, -0.25) is 9.59 Å². The van der Waals surface area contributed by atoms with Gasteiger partial charge < -0.3 is 15.5 Å². The molecular formula is C25H27F4N3O4S. The average Bonchev–Trinajstić information content (AvgIpc) is 3.55. The molecule has 200 valence electrons. The Labute approximate surface area is 212 Å². The minimum Gasteiger partial charge on any atom is -0.387 e. The van der Waals surface area contributed by atoms with Gasteiger partial charge in [0.2, 0.25) is 5.91 Å². The fourth-order valence-electron chi connectivity index (χ4n) is 4.67. The van der Waals surface area contributed by atoms with Crippen molar-refractivity contribution in [2.24, 2.45) is 5.92 Å². The Bertz CT molecular complexity index is 1330. The normalized spacial score (nSPS) is 19.0. The summed E-state index contributed by atoms with van der Waals surface area (Å²) in [6, 6.07) is 4.67. The lowest BCUT2D eigenvalue weighted by atomic mass is 9.99. The van der Waals surface area contributed by atoms with Crippen molar-refractivity contribution in [3.63, 3.8) is 0 Å². The van der Waals surface area contributed by atoms with E-state index in [9.17, 15) is 35.6 Å². The maximum Gasteiger partial charge on any atom is 0.416 e. The molecule has 0 radical (unpaired) electrons. The summed E-state index contributed by atoms with van der Waals surface area (Å²) in [5.74, 6) is -2.24.